The first kappa shape index (κ1) is 20.0. The number of benzene rings is 4. The molecule has 168 valence electrons. The summed E-state index contributed by atoms with van der Waals surface area (Å²) in [5, 5.41) is 7.71. The second-order valence-electron chi connectivity index (χ2n) is 10.4. The number of aryl methyl sites for hydroxylation is 3. The van der Waals surface area contributed by atoms with Crippen LogP contribution >= 0.6 is 0 Å². The van der Waals surface area contributed by atoms with E-state index in [4.69, 9.17) is 4.74 Å². The Bertz CT molecular complexity index is 1640. The maximum absolute atomic E-state index is 6.80. The lowest BCUT2D eigenvalue weighted by molar-refractivity contribution is -0.659. The molecule has 2 nitrogen and oxygen atoms in total. The lowest BCUT2D eigenvalue weighted by Crippen LogP contribution is -2.32. The molecule has 7 rings (SSSR count). The molecule has 0 unspecified atom stereocenters. The van der Waals surface area contributed by atoms with Crippen molar-refractivity contribution in [2.24, 2.45) is 7.05 Å². The molecule has 2 heteroatoms. The Kier molecular flexibility index (Phi) is 4.30. The van der Waals surface area contributed by atoms with E-state index >= 15 is 0 Å². The van der Waals surface area contributed by atoms with Crippen LogP contribution in [0, 0.1) is 13.8 Å². The molecule has 2 heterocycles. The Morgan fingerprint density at radius 1 is 0.794 bits per heavy atom. The van der Waals surface area contributed by atoms with E-state index in [0.717, 1.165) is 11.5 Å². The minimum atomic E-state index is 0.701. The van der Waals surface area contributed by atoms with E-state index in [1.165, 1.54) is 92.4 Å². The molecule has 0 saturated heterocycles. The summed E-state index contributed by atoms with van der Waals surface area (Å²) in [4.78, 5) is 0. The van der Waals surface area contributed by atoms with Crippen LogP contribution in [0.2, 0.25) is 0 Å². The van der Waals surface area contributed by atoms with Crippen molar-refractivity contribution in [3.05, 3.63) is 77.5 Å². The standard InChI is InChI=1S/C32H30NO/c1-19-24-11-7-8-12-25(24)20(2)32-29(19)31-30-27(15-16-33(31)3)26-14-13-22(21-9-5-4-6-10-21)17-23(26)18-28(30)34-32/h7-8,11-18,21H,4-6,9-10H2,1-3H3/q+1. The fourth-order valence-electron chi connectivity index (χ4n) is 6.63. The van der Waals surface area contributed by atoms with Crippen LogP contribution in [0.25, 0.3) is 43.6 Å². The van der Waals surface area contributed by atoms with Crippen molar-refractivity contribution in [2.75, 3.05) is 0 Å². The number of ether oxygens (including phenoxy) is 1. The molecule has 2 aliphatic rings. The largest absolute Gasteiger partial charge is 0.455 e. The Morgan fingerprint density at radius 3 is 2.35 bits per heavy atom. The Hall–Kier alpha value is -3.39. The van der Waals surface area contributed by atoms with Crippen LogP contribution in [-0.2, 0) is 7.05 Å². The molecule has 0 spiro atoms. The molecule has 0 N–H and O–H groups in total. The molecule has 0 atom stereocenters. The monoisotopic (exact) mass is 444 g/mol. The van der Waals surface area contributed by atoms with Gasteiger partial charge in [0.1, 0.15) is 18.5 Å². The molecule has 4 aromatic carbocycles. The minimum Gasteiger partial charge on any atom is -0.455 e. The summed E-state index contributed by atoms with van der Waals surface area (Å²) in [6.45, 7) is 4.44. The summed E-state index contributed by atoms with van der Waals surface area (Å²) in [6, 6.07) is 20.4. The number of rotatable bonds is 1. The Labute approximate surface area is 200 Å². The molecule has 1 aromatic heterocycles. The number of hydrogen-bond acceptors (Lipinski definition) is 1. The normalized spacial score (nSPS) is 15.6. The summed E-state index contributed by atoms with van der Waals surface area (Å²) in [6.07, 6.45) is 8.97. The first-order valence-corrected chi connectivity index (χ1v) is 12.7. The number of fused-ring (bicyclic) bond motifs is 5. The van der Waals surface area contributed by atoms with Crippen LogP contribution in [0.3, 0.4) is 0 Å². The van der Waals surface area contributed by atoms with E-state index in [9.17, 15) is 0 Å². The van der Waals surface area contributed by atoms with Gasteiger partial charge in [0, 0.05) is 17.0 Å². The van der Waals surface area contributed by atoms with Gasteiger partial charge in [-0.3, -0.25) is 0 Å². The summed E-state index contributed by atoms with van der Waals surface area (Å²) in [5.74, 6) is 2.70. The topological polar surface area (TPSA) is 13.1 Å². The van der Waals surface area contributed by atoms with Gasteiger partial charge in [0.05, 0.1) is 10.9 Å². The zero-order valence-electron chi connectivity index (χ0n) is 20.2. The van der Waals surface area contributed by atoms with Crippen molar-refractivity contribution in [3.8, 4) is 22.8 Å². The van der Waals surface area contributed by atoms with Gasteiger partial charge in [-0.15, -0.1) is 0 Å². The van der Waals surface area contributed by atoms with E-state index in [-0.39, 0.29) is 0 Å². The first-order valence-electron chi connectivity index (χ1n) is 12.7. The van der Waals surface area contributed by atoms with Gasteiger partial charge < -0.3 is 4.74 Å². The van der Waals surface area contributed by atoms with Crippen molar-refractivity contribution in [3.63, 3.8) is 0 Å². The smallest absolute Gasteiger partial charge is 0.228 e. The van der Waals surface area contributed by atoms with Crippen LogP contribution in [0.1, 0.15) is 54.7 Å². The molecule has 0 bridgehead atoms. The lowest BCUT2D eigenvalue weighted by atomic mass is 9.83. The Balaban J connectivity index is 1.55. The van der Waals surface area contributed by atoms with Gasteiger partial charge in [0.25, 0.3) is 0 Å². The van der Waals surface area contributed by atoms with E-state index < -0.39 is 0 Å². The fourth-order valence-corrected chi connectivity index (χ4v) is 6.63. The number of pyridine rings is 1. The predicted molar refractivity (Wildman–Crippen MR) is 141 cm³/mol. The molecule has 1 aliphatic carbocycles. The van der Waals surface area contributed by atoms with Crippen LogP contribution in [-0.4, -0.2) is 0 Å². The molecule has 0 amide bonds. The third kappa shape index (κ3) is 2.72. The highest BCUT2D eigenvalue weighted by Crippen LogP contribution is 2.51. The maximum Gasteiger partial charge on any atom is 0.228 e. The SMILES string of the molecule is Cc1c2c(c(C)c3ccccc13)-c1c3c(cc4cc(C5CCCCC5)ccc4c3cc[n+]1C)O2. The average molecular weight is 445 g/mol. The second-order valence-corrected chi connectivity index (χ2v) is 10.4. The summed E-state index contributed by atoms with van der Waals surface area (Å²) in [5.41, 5.74) is 6.50. The van der Waals surface area contributed by atoms with Crippen molar-refractivity contribution in [1.82, 2.24) is 0 Å². The zero-order valence-corrected chi connectivity index (χ0v) is 20.2. The molecule has 0 radical (unpaired) electrons. The highest BCUT2D eigenvalue weighted by Gasteiger charge is 2.32. The summed E-state index contributed by atoms with van der Waals surface area (Å²) in [7, 11) is 2.16. The van der Waals surface area contributed by atoms with Gasteiger partial charge in [0.15, 0.2) is 6.20 Å². The van der Waals surface area contributed by atoms with Crippen molar-refractivity contribution in [1.29, 1.82) is 0 Å². The molecule has 34 heavy (non-hydrogen) atoms. The Morgan fingerprint density at radius 2 is 1.56 bits per heavy atom. The molecular formula is C32H30NO+. The van der Waals surface area contributed by atoms with E-state index in [0.29, 0.717) is 5.92 Å². The molecule has 1 fully saturated rings. The van der Waals surface area contributed by atoms with Gasteiger partial charge >= 0.3 is 0 Å². The van der Waals surface area contributed by atoms with Crippen LogP contribution in [0.15, 0.2) is 60.8 Å². The van der Waals surface area contributed by atoms with Gasteiger partial charge in [-0.1, -0.05) is 61.7 Å². The molecule has 1 saturated carbocycles. The second kappa shape index (κ2) is 7.30. The van der Waals surface area contributed by atoms with E-state index in [1.54, 1.807) is 0 Å². The highest BCUT2D eigenvalue weighted by molar-refractivity contribution is 6.16. The lowest BCUT2D eigenvalue weighted by Gasteiger charge is -2.25. The van der Waals surface area contributed by atoms with Crippen molar-refractivity contribution in [2.45, 2.75) is 51.9 Å². The minimum absolute atomic E-state index is 0.701. The van der Waals surface area contributed by atoms with Crippen molar-refractivity contribution < 1.29 is 9.30 Å². The molecular weight excluding hydrogens is 414 g/mol. The number of aromatic nitrogens is 1. The number of hydrogen-bond donors (Lipinski definition) is 0. The van der Waals surface area contributed by atoms with Crippen LogP contribution in [0.4, 0.5) is 0 Å². The maximum atomic E-state index is 6.80. The fraction of sp³-hybridized carbons (Fsp3) is 0.281. The van der Waals surface area contributed by atoms with Crippen LogP contribution < -0.4 is 9.30 Å². The zero-order chi connectivity index (χ0) is 23.0. The predicted octanol–water partition coefficient (Wildman–Crippen LogP) is 8.41. The van der Waals surface area contributed by atoms with Crippen LogP contribution in [0.5, 0.6) is 11.5 Å². The average Bonchev–Trinajstić information content (AvgIpc) is 2.88. The molecule has 1 aliphatic heterocycles. The van der Waals surface area contributed by atoms with Gasteiger partial charge in [-0.25, -0.2) is 4.57 Å². The van der Waals surface area contributed by atoms with Crippen molar-refractivity contribution >= 4 is 32.3 Å². The number of nitrogens with zero attached hydrogens (tertiary/aromatic N) is 1. The third-order valence-electron chi connectivity index (χ3n) is 8.43. The quantitative estimate of drug-likeness (QED) is 0.183. The van der Waals surface area contributed by atoms with Gasteiger partial charge in [-0.05, 0) is 71.3 Å². The van der Waals surface area contributed by atoms with E-state index in [1.807, 2.05) is 0 Å². The van der Waals surface area contributed by atoms with Gasteiger partial charge in [0.2, 0.25) is 5.69 Å². The summed E-state index contributed by atoms with van der Waals surface area (Å²) < 4.78 is 9.08. The highest BCUT2D eigenvalue weighted by atomic mass is 16.5. The summed E-state index contributed by atoms with van der Waals surface area (Å²) >= 11 is 0. The first-order chi connectivity index (χ1) is 16.6. The van der Waals surface area contributed by atoms with Gasteiger partial charge in [-0.2, -0.15) is 0 Å². The van der Waals surface area contributed by atoms with E-state index in [2.05, 4.69) is 86.3 Å². The molecule has 5 aromatic rings. The third-order valence-corrected chi connectivity index (χ3v) is 8.43.